The number of para-hydroxylation sites is 3. The SMILES string of the molecule is O=C(NCCN1CCCc2ccccc21)C1CCN(c2cnc3ccccc3n2)CC1. The van der Waals surface area contributed by atoms with Crippen molar-refractivity contribution in [3.63, 3.8) is 0 Å². The van der Waals surface area contributed by atoms with E-state index in [-0.39, 0.29) is 11.8 Å². The number of nitrogens with one attached hydrogen (secondary N) is 1. The van der Waals surface area contributed by atoms with E-state index < -0.39 is 0 Å². The molecule has 31 heavy (non-hydrogen) atoms. The Kier molecular flexibility index (Phi) is 5.69. The second-order valence-electron chi connectivity index (χ2n) is 8.49. The number of aromatic nitrogens is 2. The van der Waals surface area contributed by atoms with E-state index in [1.807, 2.05) is 30.5 Å². The Morgan fingerprint density at radius 3 is 2.65 bits per heavy atom. The fourth-order valence-electron chi connectivity index (χ4n) is 4.77. The van der Waals surface area contributed by atoms with E-state index in [0.29, 0.717) is 6.54 Å². The molecule has 2 aliphatic heterocycles. The Labute approximate surface area is 183 Å². The van der Waals surface area contributed by atoms with E-state index in [0.717, 1.165) is 62.3 Å². The first-order chi connectivity index (χ1) is 15.3. The normalized spacial score (nSPS) is 16.9. The molecule has 0 spiro atoms. The lowest BCUT2D eigenvalue weighted by molar-refractivity contribution is -0.125. The molecule has 6 nitrogen and oxygen atoms in total. The third-order valence-electron chi connectivity index (χ3n) is 6.51. The van der Waals surface area contributed by atoms with Crippen LogP contribution in [0.5, 0.6) is 0 Å². The molecule has 0 saturated carbocycles. The third-order valence-corrected chi connectivity index (χ3v) is 6.51. The summed E-state index contributed by atoms with van der Waals surface area (Å²) in [5.74, 6) is 1.18. The number of nitrogens with zero attached hydrogens (tertiary/aromatic N) is 4. The first-order valence-corrected chi connectivity index (χ1v) is 11.4. The van der Waals surface area contributed by atoms with Crippen LogP contribution in [0.25, 0.3) is 11.0 Å². The molecule has 0 aliphatic carbocycles. The zero-order valence-electron chi connectivity index (χ0n) is 17.8. The lowest BCUT2D eigenvalue weighted by Crippen LogP contribution is -2.43. The highest BCUT2D eigenvalue weighted by Gasteiger charge is 2.26. The predicted octanol–water partition coefficient (Wildman–Crippen LogP) is 3.42. The number of hydrogen-bond acceptors (Lipinski definition) is 5. The average molecular weight is 416 g/mol. The predicted molar refractivity (Wildman–Crippen MR) is 124 cm³/mol. The Bertz CT molecular complexity index is 1060. The van der Waals surface area contributed by atoms with Gasteiger partial charge in [-0.05, 0) is 49.4 Å². The van der Waals surface area contributed by atoms with E-state index in [4.69, 9.17) is 4.98 Å². The summed E-state index contributed by atoms with van der Waals surface area (Å²) >= 11 is 0. The molecule has 160 valence electrons. The van der Waals surface area contributed by atoms with Crippen molar-refractivity contribution in [3.8, 4) is 0 Å². The Balaban J connectivity index is 1.11. The number of carbonyl (C=O) groups excluding carboxylic acids is 1. The molecule has 0 bridgehead atoms. The summed E-state index contributed by atoms with van der Waals surface area (Å²) in [7, 11) is 0. The molecule has 6 heteroatoms. The molecule has 1 saturated heterocycles. The summed E-state index contributed by atoms with van der Waals surface area (Å²) in [6, 6.07) is 16.6. The van der Waals surface area contributed by atoms with Gasteiger partial charge in [0.1, 0.15) is 5.82 Å². The molecule has 5 rings (SSSR count). The molecule has 0 radical (unpaired) electrons. The average Bonchev–Trinajstić information content (AvgIpc) is 2.84. The van der Waals surface area contributed by atoms with Crippen LogP contribution in [0.4, 0.5) is 11.5 Å². The minimum absolute atomic E-state index is 0.0818. The minimum Gasteiger partial charge on any atom is -0.370 e. The van der Waals surface area contributed by atoms with Crippen LogP contribution in [0.15, 0.2) is 54.7 Å². The van der Waals surface area contributed by atoms with Gasteiger partial charge in [-0.1, -0.05) is 30.3 Å². The highest BCUT2D eigenvalue weighted by Crippen LogP contribution is 2.26. The molecule has 0 unspecified atom stereocenters. The zero-order valence-corrected chi connectivity index (χ0v) is 17.8. The number of rotatable bonds is 5. The number of fused-ring (bicyclic) bond motifs is 2. The van der Waals surface area contributed by atoms with Gasteiger partial charge < -0.3 is 15.1 Å². The molecule has 1 amide bonds. The molecule has 3 aromatic rings. The lowest BCUT2D eigenvalue weighted by atomic mass is 9.96. The van der Waals surface area contributed by atoms with Gasteiger partial charge >= 0.3 is 0 Å². The maximum absolute atomic E-state index is 12.7. The van der Waals surface area contributed by atoms with Crippen molar-refractivity contribution in [2.75, 3.05) is 42.5 Å². The molecule has 2 aromatic carbocycles. The summed E-state index contributed by atoms with van der Waals surface area (Å²) in [5, 5.41) is 3.18. The number of amides is 1. The summed E-state index contributed by atoms with van der Waals surface area (Å²) in [4.78, 5) is 26.6. The van der Waals surface area contributed by atoms with E-state index in [1.54, 1.807) is 0 Å². The number of aryl methyl sites for hydroxylation is 1. The van der Waals surface area contributed by atoms with Crippen LogP contribution < -0.4 is 15.1 Å². The summed E-state index contributed by atoms with van der Waals surface area (Å²) in [6.07, 6.45) is 5.89. The first kappa shape index (κ1) is 19.8. The standard InChI is InChI=1S/C25H29N5O/c31-25(26-13-17-29-14-5-7-19-6-1-4-10-23(19)29)20-11-15-30(16-12-20)24-18-27-21-8-2-3-9-22(21)28-24/h1-4,6,8-10,18,20H,5,7,11-17H2,(H,26,31). The highest BCUT2D eigenvalue weighted by atomic mass is 16.1. The van der Waals surface area contributed by atoms with Crippen molar-refractivity contribution < 1.29 is 4.79 Å². The van der Waals surface area contributed by atoms with Crippen molar-refractivity contribution in [1.82, 2.24) is 15.3 Å². The zero-order chi connectivity index (χ0) is 21.0. The van der Waals surface area contributed by atoms with Gasteiger partial charge in [0.05, 0.1) is 17.2 Å². The van der Waals surface area contributed by atoms with Gasteiger partial charge in [0.2, 0.25) is 5.91 Å². The third kappa shape index (κ3) is 4.33. The molecule has 1 N–H and O–H groups in total. The van der Waals surface area contributed by atoms with E-state index in [9.17, 15) is 4.79 Å². The Hall–Kier alpha value is -3.15. The Morgan fingerprint density at radius 2 is 1.77 bits per heavy atom. The van der Waals surface area contributed by atoms with Crippen LogP contribution >= 0.6 is 0 Å². The number of anilines is 2. The molecule has 3 heterocycles. The van der Waals surface area contributed by atoms with Crippen molar-refractivity contribution in [2.45, 2.75) is 25.7 Å². The van der Waals surface area contributed by atoms with Gasteiger partial charge in [0.15, 0.2) is 0 Å². The van der Waals surface area contributed by atoms with Crippen molar-refractivity contribution in [3.05, 3.63) is 60.3 Å². The molecule has 1 fully saturated rings. The smallest absolute Gasteiger partial charge is 0.223 e. The van der Waals surface area contributed by atoms with Gasteiger partial charge in [-0.3, -0.25) is 9.78 Å². The molecular formula is C25H29N5O. The molecule has 1 aromatic heterocycles. The second kappa shape index (κ2) is 8.92. The van der Waals surface area contributed by atoms with E-state index in [1.165, 1.54) is 17.7 Å². The molecule has 2 aliphatic rings. The van der Waals surface area contributed by atoms with Crippen LogP contribution in [-0.2, 0) is 11.2 Å². The largest absolute Gasteiger partial charge is 0.370 e. The van der Waals surface area contributed by atoms with Gasteiger partial charge in [-0.15, -0.1) is 0 Å². The van der Waals surface area contributed by atoms with Gasteiger partial charge in [0.25, 0.3) is 0 Å². The van der Waals surface area contributed by atoms with Gasteiger partial charge in [-0.25, -0.2) is 4.98 Å². The molecule has 0 atom stereocenters. The fraction of sp³-hybridized carbons (Fsp3) is 0.400. The lowest BCUT2D eigenvalue weighted by Gasteiger charge is -2.33. The van der Waals surface area contributed by atoms with Crippen molar-refractivity contribution in [1.29, 1.82) is 0 Å². The Morgan fingerprint density at radius 1 is 1.00 bits per heavy atom. The number of piperidine rings is 1. The van der Waals surface area contributed by atoms with Crippen molar-refractivity contribution >= 4 is 28.4 Å². The quantitative estimate of drug-likeness (QED) is 0.692. The van der Waals surface area contributed by atoms with E-state index in [2.05, 4.69) is 44.4 Å². The van der Waals surface area contributed by atoms with Crippen LogP contribution in [0, 0.1) is 5.92 Å². The van der Waals surface area contributed by atoms with Gasteiger partial charge in [0, 0.05) is 44.3 Å². The molecular weight excluding hydrogens is 386 g/mol. The van der Waals surface area contributed by atoms with Crippen molar-refractivity contribution in [2.24, 2.45) is 5.92 Å². The summed E-state index contributed by atoms with van der Waals surface area (Å²) < 4.78 is 0. The minimum atomic E-state index is 0.0818. The number of carbonyl (C=O) groups is 1. The number of hydrogen-bond donors (Lipinski definition) is 1. The monoisotopic (exact) mass is 415 g/mol. The van der Waals surface area contributed by atoms with E-state index >= 15 is 0 Å². The highest BCUT2D eigenvalue weighted by molar-refractivity contribution is 5.79. The van der Waals surface area contributed by atoms with Crippen LogP contribution in [0.2, 0.25) is 0 Å². The van der Waals surface area contributed by atoms with Gasteiger partial charge in [-0.2, -0.15) is 0 Å². The topological polar surface area (TPSA) is 61.4 Å². The van der Waals surface area contributed by atoms with Crippen LogP contribution in [-0.4, -0.2) is 48.6 Å². The second-order valence-corrected chi connectivity index (χ2v) is 8.49. The fourth-order valence-corrected chi connectivity index (χ4v) is 4.77. The maximum atomic E-state index is 12.7. The summed E-state index contributed by atoms with van der Waals surface area (Å²) in [6.45, 7) is 4.31. The summed E-state index contributed by atoms with van der Waals surface area (Å²) in [5.41, 5.74) is 4.58. The van der Waals surface area contributed by atoms with Crippen LogP contribution in [0.3, 0.4) is 0 Å². The first-order valence-electron chi connectivity index (χ1n) is 11.4. The van der Waals surface area contributed by atoms with Crippen LogP contribution in [0.1, 0.15) is 24.8 Å². The maximum Gasteiger partial charge on any atom is 0.223 e. The number of benzene rings is 2.